The van der Waals surface area contributed by atoms with Crippen LogP contribution >= 0.6 is 23.4 Å². The molecule has 2 amide bonds. The van der Waals surface area contributed by atoms with Crippen molar-refractivity contribution in [1.82, 2.24) is 15.1 Å². The number of hydrogen-bond acceptors (Lipinski definition) is 4. The highest BCUT2D eigenvalue weighted by molar-refractivity contribution is 7.99. The van der Waals surface area contributed by atoms with Crippen LogP contribution in [0.25, 0.3) is 0 Å². The minimum atomic E-state index is -0.0119. The maximum absolute atomic E-state index is 12.6. The van der Waals surface area contributed by atoms with Crippen LogP contribution in [0.2, 0.25) is 5.02 Å². The maximum Gasteiger partial charge on any atom is 0.253 e. The molecule has 2 heterocycles. The van der Waals surface area contributed by atoms with Gasteiger partial charge in [0, 0.05) is 67.3 Å². The number of hydrogen-bond donors (Lipinski definition) is 1. The fourth-order valence-corrected chi connectivity index (χ4v) is 4.40. The summed E-state index contributed by atoms with van der Waals surface area (Å²) in [5.41, 5.74) is 0.607. The standard InChI is InChI=1S/C18H24ClN3O2S/c19-15-4-1-3-14(11-15)18(24)22-7-2-6-21(8-9-22)17(23)12-16-13-25-10-5-20-16/h1,3-4,11,16,20H,2,5-10,12-13H2. The first kappa shape index (κ1) is 18.5. The van der Waals surface area contributed by atoms with Crippen LogP contribution < -0.4 is 5.32 Å². The van der Waals surface area contributed by atoms with Crippen molar-refractivity contribution in [1.29, 1.82) is 0 Å². The number of carbonyl (C=O) groups excluding carboxylic acids is 2. The Morgan fingerprint density at radius 3 is 2.76 bits per heavy atom. The summed E-state index contributed by atoms with van der Waals surface area (Å²) in [5.74, 6) is 2.30. The summed E-state index contributed by atoms with van der Waals surface area (Å²) in [7, 11) is 0. The average molecular weight is 382 g/mol. The molecule has 25 heavy (non-hydrogen) atoms. The molecule has 0 aromatic heterocycles. The summed E-state index contributed by atoms with van der Waals surface area (Å²) in [5, 5.41) is 3.98. The summed E-state index contributed by atoms with van der Waals surface area (Å²) < 4.78 is 0. The van der Waals surface area contributed by atoms with Crippen LogP contribution in [-0.2, 0) is 4.79 Å². The summed E-state index contributed by atoms with van der Waals surface area (Å²) in [6.07, 6.45) is 1.36. The molecule has 1 unspecified atom stereocenters. The van der Waals surface area contributed by atoms with Gasteiger partial charge in [-0.1, -0.05) is 17.7 Å². The third-order valence-electron chi connectivity index (χ3n) is 4.63. The molecule has 2 fully saturated rings. The number of amides is 2. The Morgan fingerprint density at radius 2 is 2.00 bits per heavy atom. The summed E-state index contributed by atoms with van der Waals surface area (Å²) in [6, 6.07) is 7.31. The number of carbonyl (C=O) groups is 2. The lowest BCUT2D eigenvalue weighted by Gasteiger charge is -2.27. The fraction of sp³-hybridized carbons (Fsp3) is 0.556. The normalized spacial score (nSPS) is 21.7. The highest BCUT2D eigenvalue weighted by Crippen LogP contribution is 2.16. The molecular weight excluding hydrogens is 358 g/mol. The van der Waals surface area contributed by atoms with Gasteiger partial charge in [-0.3, -0.25) is 9.59 Å². The zero-order valence-corrected chi connectivity index (χ0v) is 15.8. The Kier molecular flexibility index (Phi) is 6.62. The topological polar surface area (TPSA) is 52.7 Å². The number of nitrogens with zero attached hydrogens (tertiary/aromatic N) is 2. The van der Waals surface area contributed by atoms with E-state index in [9.17, 15) is 9.59 Å². The number of benzene rings is 1. The molecule has 7 heteroatoms. The second kappa shape index (κ2) is 8.92. The van der Waals surface area contributed by atoms with E-state index < -0.39 is 0 Å². The molecule has 0 spiro atoms. The van der Waals surface area contributed by atoms with E-state index in [2.05, 4.69) is 5.32 Å². The minimum absolute atomic E-state index is 0.0119. The van der Waals surface area contributed by atoms with E-state index in [0.29, 0.717) is 36.6 Å². The number of nitrogens with one attached hydrogen (secondary N) is 1. The molecule has 5 nitrogen and oxygen atoms in total. The van der Waals surface area contributed by atoms with Crippen molar-refractivity contribution in [2.75, 3.05) is 44.2 Å². The monoisotopic (exact) mass is 381 g/mol. The number of thioether (sulfide) groups is 1. The van der Waals surface area contributed by atoms with Gasteiger partial charge in [0.2, 0.25) is 5.91 Å². The first-order valence-electron chi connectivity index (χ1n) is 8.77. The molecule has 0 saturated carbocycles. The zero-order valence-electron chi connectivity index (χ0n) is 14.2. The molecular formula is C18H24ClN3O2S. The molecule has 1 atom stereocenters. The molecule has 2 aliphatic rings. The molecule has 2 aliphatic heterocycles. The Labute approximate surface area is 158 Å². The van der Waals surface area contributed by atoms with E-state index >= 15 is 0 Å². The second-order valence-electron chi connectivity index (χ2n) is 6.47. The lowest BCUT2D eigenvalue weighted by molar-refractivity contribution is -0.131. The van der Waals surface area contributed by atoms with Crippen LogP contribution in [0.5, 0.6) is 0 Å². The first-order chi connectivity index (χ1) is 12.1. The predicted octanol–water partition coefficient (Wildman–Crippen LogP) is 2.11. The summed E-state index contributed by atoms with van der Waals surface area (Å²) in [4.78, 5) is 29.0. The number of halogens is 1. The van der Waals surface area contributed by atoms with Crippen molar-refractivity contribution in [3.05, 3.63) is 34.9 Å². The van der Waals surface area contributed by atoms with Crippen LogP contribution in [0, 0.1) is 0 Å². The first-order valence-corrected chi connectivity index (χ1v) is 10.3. The van der Waals surface area contributed by atoms with E-state index in [-0.39, 0.29) is 17.9 Å². The predicted molar refractivity (Wildman–Crippen MR) is 102 cm³/mol. The molecule has 136 valence electrons. The third-order valence-corrected chi connectivity index (χ3v) is 5.99. The highest BCUT2D eigenvalue weighted by atomic mass is 35.5. The van der Waals surface area contributed by atoms with E-state index in [1.165, 1.54) is 0 Å². The third kappa shape index (κ3) is 5.12. The van der Waals surface area contributed by atoms with Gasteiger partial charge in [0.15, 0.2) is 0 Å². The summed E-state index contributed by atoms with van der Waals surface area (Å²) in [6.45, 7) is 3.55. The van der Waals surface area contributed by atoms with Gasteiger partial charge in [0.25, 0.3) is 5.91 Å². The van der Waals surface area contributed by atoms with Gasteiger partial charge < -0.3 is 15.1 Å². The summed E-state index contributed by atoms with van der Waals surface area (Å²) >= 11 is 7.89. The van der Waals surface area contributed by atoms with E-state index in [1.54, 1.807) is 24.3 Å². The van der Waals surface area contributed by atoms with Crippen molar-refractivity contribution >= 4 is 35.2 Å². The van der Waals surface area contributed by atoms with Crippen molar-refractivity contribution in [2.24, 2.45) is 0 Å². The van der Waals surface area contributed by atoms with Gasteiger partial charge in [-0.15, -0.1) is 0 Å². The van der Waals surface area contributed by atoms with Crippen LogP contribution in [0.1, 0.15) is 23.2 Å². The van der Waals surface area contributed by atoms with Gasteiger partial charge in [-0.25, -0.2) is 0 Å². The van der Waals surface area contributed by atoms with E-state index in [4.69, 9.17) is 11.6 Å². The van der Waals surface area contributed by atoms with Crippen LogP contribution in [0.4, 0.5) is 0 Å². The van der Waals surface area contributed by atoms with Crippen LogP contribution in [0.15, 0.2) is 24.3 Å². The SMILES string of the molecule is O=C(CC1CSCCN1)N1CCCN(C(=O)c2cccc(Cl)c2)CC1. The molecule has 0 radical (unpaired) electrons. The van der Waals surface area contributed by atoms with Gasteiger partial charge in [-0.2, -0.15) is 11.8 Å². The van der Waals surface area contributed by atoms with Crippen LogP contribution in [0.3, 0.4) is 0 Å². The van der Waals surface area contributed by atoms with Gasteiger partial charge in [0.05, 0.1) is 0 Å². The number of rotatable bonds is 3. The zero-order chi connectivity index (χ0) is 17.6. The Bertz CT molecular complexity index is 622. The van der Waals surface area contributed by atoms with Crippen molar-refractivity contribution in [3.63, 3.8) is 0 Å². The van der Waals surface area contributed by atoms with Gasteiger partial charge in [-0.05, 0) is 24.6 Å². The maximum atomic E-state index is 12.6. The van der Waals surface area contributed by atoms with E-state index in [0.717, 1.165) is 31.0 Å². The van der Waals surface area contributed by atoms with Crippen molar-refractivity contribution in [3.8, 4) is 0 Å². The lowest BCUT2D eigenvalue weighted by Crippen LogP contribution is -2.43. The van der Waals surface area contributed by atoms with Gasteiger partial charge in [0.1, 0.15) is 0 Å². The van der Waals surface area contributed by atoms with Gasteiger partial charge >= 0.3 is 0 Å². The lowest BCUT2D eigenvalue weighted by atomic mass is 10.2. The Morgan fingerprint density at radius 1 is 1.20 bits per heavy atom. The average Bonchev–Trinajstić information content (AvgIpc) is 2.88. The molecule has 0 aliphatic carbocycles. The highest BCUT2D eigenvalue weighted by Gasteiger charge is 2.25. The van der Waals surface area contributed by atoms with E-state index in [1.807, 2.05) is 21.6 Å². The Hall–Kier alpha value is -1.24. The van der Waals surface area contributed by atoms with Crippen molar-refractivity contribution < 1.29 is 9.59 Å². The molecule has 1 aromatic rings. The van der Waals surface area contributed by atoms with Crippen LogP contribution in [-0.4, -0.2) is 71.9 Å². The quantitative estimate of drug-likeness (QED) is 0.871. The molecule has 2 saturated heterocycles. The molecule has 1 N–H and O–H groups in total. The smallest absolute Gasteiger partial charge is 0.253 e. The molecule has 1 aromatic carbocycles. The minimum Gasteiger partial charge on any atom is -0.341 e. The molecule has 3 rings (SSSR count). The van der Waals surface area contributed by atoms with Crippen molar-refractivity contribution in [2.45, 2.75) is 18.9 Å². The second-order valence-corrected chi connectivity index (χ2v) is 8.05. The largest absolute Gasteiger partial charge is 0.341 e. The fourth-order valence-electron chi connectivity index (χ4n) is 3.26. The molecule has 0 bridgehead atoms. The Balaban J connectivity index is 1.54.